The number of hydrogen-bond acceptors (Lipinski definition) is 2. The van der Waals surface area contributed by atoms with Crippen LogP contribution >= 0.6 is 0 Å². The van der Waals surface area contributed by atoms with Crippen molar-refractivity contribution in [3.05, 3.63) is 29.8 Å². The molecule has 0 amide bonds. The molecule has 1 N–H and O–H groups in total. The molecule has 1 aromatic rings. The van der Waals surface area contributed by atoms with Crippen LogP contribution < -0.4 is 4.74 Å². The van der Waals surface area contributed by atoms with Gasteiger partial charge in [0.05, 0.1) is 12.7 Å². The van der Waals surface area contributed by atoms with Gasteiger partial charge in [0, 0.05) is 12.0 Å². The average Bonchev–Trinajstić information content (AvgIpc) is 2.60. The van der Waals surface area contributed by atoms with E-state index in [4.69, 9.17) is 4.74 Å². The number of rotatable bonds is 10. The van der Waals surface area contributed by atoms with Crippen LogP contribution in [0.1, 0.15) is 37.9 Å². The summed E-state index contributed by atoms with van der Waals surface area (Å²) >= 11 is 0. The van der Waals surface area contributed by atoms with Crippen LogP contribution in [0.3, 0.4) is 0 Å². The molecule has 0 saturated heterocycles. The Hall–Kier alpha value is -1.79. The number of alkyl halides is 11. The first-order valence-corrected chi connectivity index (χ1v) is 8.41. The lowest BCUT2D eigenvalue weighted by Gasteiger charge is -2.37. The van der Waals surface area contributed by atoms with Gasteiger partial charge in [-0.05, 0) is 12.5 Å². The Balaban J connectivity index is 3.21. The van der Waals surface area contributed by atoms with E-state index in [0.29, 0.717) is 12.8 Å². The van der Waals surface area contributed by atoms with Crippen molar-refractivity contribution in [1.82, 2.24) is 0 Å². The highest BCUT2D eigenvalue weighted by Crippen LogP contribution is 2.58. The SMILES string of the molecule is CCCCOc1ccccc1C(O)CC(F)(F)C(F)(F)C(F)(F)C(F)(F)C(F)(F)F. The van der Waals surface area contributed by atoms with Crippen molar-refractivity contribution in [2.24, 2.45) is 0 Å². The van der Waals surface area contributed by atoms with Crippen molar-refractivity contribution in [3.8, 4) is 5.75 Å². The van der Waals surface area contributed by atoms with Crippen LogP contribution in [0.15, 0.2) is 24.3 Å². The molecule has 0 saturated carbocycles. The van der Waals surface area contributed by atoms with Gasteiger partial charge in [0.25, 0.3) is 0 Å². The van der Waals surface area contributed by atoms with Crippen LogP contribution in [-0.4, -0.2) is 41.6 Å². The maximum atomic E-state index is 13.9. The first-order valence-electron chi connectivity index (χ1n) is 8.41. The molecule has 1 aromatic carbocycles. The highest BCUT2D eigenvalue weighted by atomic mass is 19.4. The van der Waals surface area contributed by atoms with E-state index in [1.54, 1.807) is 6.92 Å². The zero-order chi connectivity index (χ0) is 23.6. The first kappa shape index (κ1) is 26.2. The smallest absolute Gasteiger partial charge is 0.460 e. The van der Waals surface area contributed by atoms with Crippen molar-refractivity contribution in [2.45, 2.75) is 62.2 Å². The van der Waals surface area contributed by atoms with E-state index < -0.39 is 48.0 Å². The molecule has 1 atom stereocenters. The topological polar surface area (TPSA) is 29.5 Å². The van der Waals surface area contributed by atoms with Crippen molar-refractivity contribution >= 4 is 0 Å². The number of para-hydroxylation sites is 1. The van der Waals surface area contributed by atoms with Crippen LogP contribution in [0.5, 0.6) is 5.75 Å². The molecule has 0 spiro atoms. The fourth-order valence-electron chi connectivity index (χ4n) is 2.30. The summed E-state index contributed by atoms with van der Waals surface area (Å²) in [4.78, 5) is 0. The van der Waals surface area contributed by atoms with Crippen molar-refractivity contribution in [1.29, 1.82) is 0 Å². The minimum Gasteiger partial charge on any atom is -0.493 e. The van der Waals surface area contributed by atoms with Crippen LogP contribution in [0, 0.1) is 0 Å². The Morgan fingerprint density at radius 3 is 1.87 bits per heavy atom. The molecule has 0 aliphatic carbocycles. The molecule has 0 aromatic heterocycles. The lowest BCUT2D eigenvalue weighted by atomic mass is 9.92. The quantitative estimate of drug-likeness (QED) is 0.323. The molecule has 0 fully saturated rings. The summed E-state index contributed by atoms with van der Waals surface area (Å²) in [6.07, 6.45) is -11.3. The Labute approximate surface area is 163 Å². The van der Waals surface area contributed by atoms with E-state index in [1.165, 1.54) is 6.07 Å². The number of unbranched alkanes of at least 4 members (excludes halogenated alkanes) is 1. The summed E-state index contributed by atoms with van der Waals surface area (Å²) in [6.45, 7) is 1.78. The summed E-state index contributed by atoms with van der Waals surface area (Å²) in [7, 11) is 0. The standard InChI is InChI=1S/C17H17F11O2/c1-2-3-8-30-12-7-5-4-6-10(12)11(29)9-13(18,19)14(20,21)15(22,23)16(24,25)17(26,27)28/h4-7,11,29H,2-3,8-9H2,1H3. The minimum absolute atomic E-state index is 0.0165. The van der Waals surface area contributed by atoms with Gasteiger partial charge in [0.15, 0.2) is 0 Å². The third kappa shape index (κ3) is 4.75. The zero-order valence-corrected chi connectivity index (χ0v) is 15.2. The molecule has 30 heavy (non-hydrogen) atoms. The van der Waals surface area contributed by atoms with E-state index in [9.17, 15) is 53.4 Å². The zero-order valence-electron chi connectivity index (χ0n) is 15.2. The normalized spacial score (nSPS) is 15.2. The molecule has 13 heteroatoms. The predicted molar refractivity (Wildman–Crippen MR) is 82.3 cm³/mol. The Morgan fingerprint density at radius 1 is 0.833 bits per heavy atom. The largest absolute Gasteiger partial charge is 0.493 e. The molecule has 2 nitrogen and oxygen atoms in total. The monoisotopic (exact) mass is 462 g/mol. The summed E-state index contributed by atoms with van der Waals surface area (Å²) < 4.78 is 149. The van der Waals surface area contributed by atoms with Gasteiger partial charge in [-0.3, -0.25) is 0 Å². The lowest BCUT2D eigenvalue weighted by molar-refractivity contribution is -0.423. The average molecular weight is 462 g/mol. The van der Waals surface area contributed by atoms with Gasteiger partial charge in [0.2, 0.25) is 0 Å². The van der Waals surface area contributed by atoms with E-state index >= 15 is 0 Å². The fourth-order valence-corrected chi connectivity index (χ4v) is 2.30. The molecule has 0 bridgehead atoms. The maximum Gasteiger partial charge on any atom is 0.460 e. The van der Waals surface area contributed by atoms with Crippen molar-refractivity contribution in [3.63, 3.8) is 0 Å². The number of ether oxygens (including phenoxy) is 1. The number of aliphatic hydroxyl groups excluding tert-OH is 1. The van der Waals surface area contributed by atoms with Gasteiger partial charge in [-0.15, -0.1) is 0 Å². The van der Waals surface area contributed by atoms with Gasteiger partial charge in [-0.25, -0.2) is 0 Å². The number of hydrogen-bond donors (Lipinski definition) is 1. The molecule has 1 rings (SSSR count). The molecular formula is C17H17F11O2. The first-order chi connectivity index (χ1) is 13.4. The second-order valence-electron chi connectivity index (χ2n) is 6.39. The van der Waals surface area contributed by atoms with Gasteiger partial charge in [0.1, 0.15) is 5.75 Å². The van der Waals surface area contributed by atoms with Crippen molar-refractivity contribution in [2.75, 3.05) is 6.61 Å². The molecule has 0 aliphatic rings. The summed E-state index contributed by atoms with van der Waals surface area (Å²) in [6, 6.07) is 4.51. The summed E-state index contributed by atoms with van der Waals surface area (Å²) in [5.41, 5.74) is -0.560. The minimum atomic E-state index is -7.50. The summed E-state index contributed by atoms with van der Waals surface area (Å²) in [5, 5.41) is 9.84. The molecule has 174 valence electrons. The Morgan fingerprint density at radius 2 is 1.37 bits per heavy atom. The number of halogens is 11. The van der Waals surface area contributed by atoms with Crippen LogP contribution in [0.25, 0.3) is 0 Å². The highest BCUT2D eigenvalue weighted by Gasteiger charge is 2.87. The predicted octanol–water partition coefficient (Wildman–Crippen LogP) is 6.39. The number of benzene rings is 1. The second-order valence-corrected chi connectivity index (χ2v) is 6.39. The number of aliphatic hydroxyl groups is 1. The fraction of sp³-hybridized carbons (Fsp3) is 0.647. The van der Waals surface area contributed by atoms with Crippen LogP contribution in [0.2, 0.25) is 0 Å². The van der Waals surface area contributed by atoms with Crippen LogP contribution in [-0.2, 0) is 0 Å². The lowest BCUT2D eigenvalue weighted by Crippen LogP contribution is -2.66. The Kier molecular flexibility index (Phi) is 7.66. The van der Waals surface area contributed by atoms with Gasteiger partial charge < -0.3 is 9.84 Å². The van der Waals surface area contributed by atoms with E-state index in [0.717, 1.165) is 18.2 Å². The Bertz CT molecular complexity index is 701. The molecule has 0 radical (unpaired) electrons. The van der Waals surface area contributed by atoms with Gasteiger partial charge in [-0.1, -0.05) is 31.5 Å². The molecule has 0 heterocycles. The van der Waals surface area contributed by atoms with Gasteiger partial charge in [-0.2, -0.15) is 48.3 Å². The van der Waals surface area contributed by atoms with E-state index in [-0.39, 0.29) is 12.4 Å². The van der Waals surface area contributed by atoms with E-state index in [1.807, 2.05) is 0 Å². The van der Waals surface area contributed by atoms with Crippen molar-refractivity contribution < 1.29 is 58.1 Å². The molecule has 1 unspecified atom stereocenters. The maximum absolute atomic E-state index is 13.9. The van der Waals surface area contributed by atoms with E-state index in [2.05, 4.69) is 0 Å². The third-order valence-corrected chi connectivity index (χ3v) is 4.09. The second kappa shape index (κ2) is 8.75. The third-order valence-electron chi connectivity index (χ3n) is 4.09. The molecular weight excluding hydrogens is 445 g/mol. The van der Waals surface area contributed by atoms with Gasteiger partial charge >= 0.3 is 29.9 Å². The molecule has 0 aliphatic heterocycles. The van der Waals surface area contributed by atoms with Crippen LogP contribution in [0.4, 0.5) is 48.3 Å². The highest BCUT2D eigenvalue weighted by molar-refractivity contribution is 5.35. The summed E-state index contributed by atoms with van der Waals surface area (Å²) in [5.74, 6) is -28.5.